The summed E-state index contributed by atoms with van der Waals surface area (Å²) in [5.74, 6) is -1.99. The van der Waals surface area contributed by atoms with E-state index >= 15 is 0 Å². The normalized spacial score (nSPS) is 10.5. The van der Waals surface area contributed by atoms with E-state index in [4.69, 9.17) is 10.5 Å². The van der Waals surface area contributed by atoms with Crippen LogP contribution in [0.1, 0.15) is 21.5 Å². The molecule has 6 heteroatoms. The van der Waals surface area contributed by atoms with Gasteiger partial charge in [0.05, 0.1) is 10.0 Å². The van der Waals surface area contributed by atoms with Crippen LogP contribution in [-0.2, 0) is 11.3 Å². The molecule has 3 nitrogen and oxygen atoms in total. The smallest absolute Gasteiger partial charge is 0.341 e. The Labute approximate surface area is 128 Å². The van der Waals surface area contributed by atoms with Crippen molar-refractivity contribution in [1.29, 1.82) is 0 Å². The predicted octanol–water partition coefficient (Wildman–Crippen LogP) is 3.97. The van der Waals surface area contributed by atoms with Crippen molar-refractivity contribution < 1.29 is 18.3 Å². The van der Waals surface area contributed by atoms with Crippen molar-refractivity contribution in [2.75, 3.05) is 5.73 Å². The molecule has 2 aromatic rings. The number of nitrogens with two attached hydrogens (primary N) is 1. The van der Waals surface area contributed by atoms with Gasteiger partial charge in [0.2, 0.25) is 0 Å². The van der Waals surface area contributed by atoms with Gasteiger partial charge in [0, 0.05) is 11.3 Å². The Morgan fingerprint density at radius 3 is 2.76 bits per heavy atom. The van der Waals surface area contributed by atoms with Crippen molar-refractivity contribution in [2.45, 2.75) is 13.5 Å². The lowest BCUT2D eigenvalue weighted by atomic mass is 10.1. The highest BCUT2D eigenvalue weighted by atomic mass is 79.9. The molecule has 0 saturated carbocycles. The van der Waals surface area contributed by atoms with Crippen molar-refractivity contribution in [3.05, 3.63) is 63.1 Å². The van der Waals surface area contributed by atoms with Crippen LogP contribution >= 0.6 is 15.9 Å². The lowest BCUT2D eigenvalue weighted by Crippen LogP contribution is -2.10. The molecule has 0 aliphatic heterocycles. The van der Waals surface area contributed by atoms with Crippen LogP contribution in [-0.4, -0.2) is 5.97 Å². The molecule has 0 aliphatic carbocycles. The van der Waals surface area contributed by atoms with E-state index in [0.29, 0.717) is 5.56 Å². The zero-order valence-corrected chi connectivity index (χ0v) is 12.7. The molecule has 21 heavy (non-hydrogen) atoms. The van der Waals surface area contributed by atoms with Gasteiger partial charge >= 0.3 is 5.97 Å². The van der Waals surface area contributed by atoms with Crippen LogP contribution in [0.25, 0.3) is 0 Å². The molecule has 2 aromatic carbocycles. The third-order valence-electron chi connectivity index (χ3n) is 2.89. The standard InChI is InChI=1S/C15H12BrF2NO2/c1-8-5-10(19)6-11(14(8)18)15(20)21-7-9-3-2-4-12(17)13(9)16/h2-6H,7,19H2,1H3. The molecule has 110 valence electrons. The molecule has 2 rings (SSSR count). The Morgan fingerprint density at radius 1 is 1.33 bits per heavy atom. The molecule has 0 aromatic heterocycles. The van der Waals surface area contributed by atoms with Crippen LogP contribution in [0.4, 0.5) is 14.5 Å². The van der Waals surface area contributed by atoms with Gasteiger partial charge < -0.3 is 10.5 Å². The first kappa shape index (κ1) is 15.4. The summed E-state index contributed by atoms with van der Waals surface area (Å²) in [5.41, 5.74) is 6.33. The number of aryl methyl sites for hydroxylation is 1. The number of carbonyl (C=O) groups is 1. The first-order chi connectivity index (χ1) is 9.90. The Morgan fingerprint density at radius 2 is 2.05 bits per heavy atom. The fraction of sp³-hybridized carbons (Fsp3) is 0.133. The number of hydrogen-bond donors (Lipinski definition) is 1. The van der Waals surface area contributed by atoms with Crippen LogP contribution in [0.2, 0.25) is 0 Å². The minimum Gasteiger partial charge on any atom is -0.457 e. The molecule has 0 aliphatic rings. The van der Waals surface area contributed by atoms with Crippen LogP contribution in [0.3, 0.4) is 0 Å². The topological polar surface area (TPSA) is 52.3 Å². The summed E-state index contributed by atoms with van der Waals surface area (Å²) in [7, 11) is 0. The lowest BCUT2D eigenvalue weighted by molar-refractivity contribution is 0.0466. The summed E-state index contributed by atoms with van der Waals surface area (Å²) < 4.78 is 32.4. The number of anilines is 1. The zero-order chi connectivity index (χ0) is 15.6. The third-order valence-corrected chi connectivity index (χ3v) is 3.78. The highest BCUT2D eigenvalue weighted by Crippen LogP contribution is 2.22. The predicted molar refractivity (Wildman–Crippen MR) is 78.8 cm³/mol. The molecular weight excluding hydrogens is 344 g/mol. The second kappa shape index (κ2) is 6.22. The van der Waals surface area contributed by atoms with E-state index in [0.717, 1.165) is 0 Å². The molecule has 0 atom stereocenters. The number of rotatable bonds is 3. The summed E-state index contributed by atoms with van der Waals surface area (Å²) in [4.78, 5) is 11.9. The van der Waals surface area contributed by atoms with E-state index in [2.05, 4.69) is 15.9 Å². The Hall–Kier alpha value is -1.95. The molecular formula is C15H12BrF2NO2. The summed E-state index contributed by atoms with van der Waals surface area (Å²) in [6.45, 7) is 1.33. The first-order valence-electron chi connectivity index (χ1n) is 6.05. The maximum absolute atomic E-state index is 13.9. The zero-order valence-electron chi connectivity index (χ0n) is 11.1. The van der Waals surface area contributed by atoms with Crippen molar-refractivity contribution in [3.8, 4) is 0 Å². The van der Waals surface area contributed by atoms with Crippen LogP contribution in [0, 0.1) is 18.6 Å². The number of benzene rings is 2. The van der Waals surface area contributed by atoms with Crippen LogP contribution < -0.4 is 5.73 Å². The van der Waals surface area contributed by atoms with Gasteiger partial charge in [-0.1, -0.05) is 12.1 Å². The van der Waals surface area contributed by atoms with Gasteiger partial charge in [-0.25, -0.2) is 13.6 Å². The summed E-state index contributed by atoms with van der Waals surface area (Å²) in [5, 5.41) is 0. The van der Waals surface area contributed by atoms with Crippen molar-refractivity contribution in [3.63, 3.8) is 0 Å². The molecule has 0 heterocycles. The van der Waals surface area contributed by atoms with Gasteiger partial charge in [-0.2, -0.15) is 0 Å². The van der Waals surface area contributed by atoms with E-state index < -0.39 is 17.6 Å². The van der Waals surface area contributed by atoms with Crippen LogP contribution in [0.15, 0.2) is 34.8 Å². The minimum atomic E-state index is -0.848. The number of hydrogen-bond acceptors (Lipinski definition) is 3. The van der Waals surface area contributed by atoms with Gasteiger partial charge in [0.25, 0.3) is 0 Å². The summed E-state index contributed by atoms with van der Waals surface area (Å²) in [6.07, 6.45) is 0. The number of nitrogen functional groups attached to an aromatic ring is 1. The first-order valence-corrected chi connectivity index (χ1v) is 6.85. The van der Waals surface area contributed by atoms with E-state index in [9.17, 15) is 13.6 Å². The van der Waals surface area contributed by atoms with Crippen molar-refractivity contribution in [1.82, 2.24) is 0 Å². The van der Waals surface area contributed by atoms with Gasteiger partial charge in [0.15, 0.2) is 0 Å². The SMILES string of the molecule is Cc1cc(N)cc(C(=O)OCc2cccc(F)c2Br)c1F. The Bertz CT molecular complexity index is 704. The van der Waals surface area contributed by atoms with Crippen molar-refractivity contribution >= 4 is 27.6 Å². The van der Waals surface area contributed by atoms with Crippen molar-refractivity contribution in [2.24, 2.45) is 0 Å². The largest absolute Gasteiger partial charge is 0.457 e. The second-order valence-corrected chi connectivity index (χ2v) is 5.28. The fourth-order valence-electron chi connectivity index (χ4n) is 1.83. The van der Waals surface area contributed by atoms with Gasteiger partial charge in [-0.15, -0.1) is 0 Å². The quantitative estimate of drug-likeness (QED) is 0.669. The fourth-order valence-corrected chi connectivity index (χ4v) is 2.21. The molecule has 0 radical (unpaired) electrons. The number of ether oxygens (including phenoxy) is 1. The lowest BCUT2D eigenvalue weighted by Gasteiger charge is -2.09. The average molecular weight is 356 g/mol. The third kappa shape index (κ3) is 3.39. The van der Waals surface area contributed by atoms with Gasteiger partial charge in [0.1, 0.15) is 18.2 Å². The number of carbonyl (C=O) groups excluding carboxylic acids is 1. The Balaban J connectivity index is 2.18. The molecule has 0 amide bonds. The molecule has 0 spiro atoms. The molecule has 0 saturated heterocycles. The van der Waals surface area contributed by atoms with E-state index in [1.165, 1.54) is 31.2 Å². The van der Waals surface area contributed by atoms with Gasteiger partial charge in [-0.05, 0) is 46.6 Å². The molecule has 0 unspecified atom stereocenters. The second-order valence-electron chi connectivity index (χ2n) is 4.49. The highest BCUT2D eigenvalue weighted by Gasteiger charge is 2.17. The highest BCUT2D eigenvalue weighted by molar-refractivity contribution is 9.10. The summed E-state index contributed by atoms with van der Waals surface area (Å²) >= 11 is 3.06. The van der Waals surface area contributed by atoms with Gasteiger partial charge in [-0.3, -0.25) is 0 Å². The van der Waals surface area contributed by atoms with E-state index in [-0.39, 0.29) is 27.9 Å². The maximum Gasteiger partial charge on any atom is 0.341 e. The monoisotopic (exact) mass is 355 g/mol. The summed E-state index contributed by atoms with van der Waals surface area (Å²) in [6, 6.07) is 7.01. The van der Waals surface area contributed by atoms with E-state index in [1.54, 1.807) is 6.07 Å². The molecule has 0 fully saturated rings. The Kier molecular flexibility index (Phi) is 4.57. The minimum absolute atomic E-state index is 0.176. The van der Waals surface area contributed by atoms with Crippen LogP contribution in [0.5, 0.6) is 0 Å². The molecule has 2 N–H and O–H groups in total. The number of esters is 1. The number of halogens is 3. The maximum atomic E-state index is 13.9. The molecule has 0 bridgehead atoms. The van der Waals surface area contributed by atoms with E-state index in [1.807, 2.05) is 0 Å². The average Bonchev–Trinajstić information content (AvgIpc) is 2.44.